The van der Waals surface area contributed by atoms with Gasteiger partial charge < -0.3 is 16.2 Å². The summed E-state index contributed by atoms with van der Waals surface area (Å²) in [6, 6.07) is 5.17. The summed E-state index contributed by atoms with van der Waals surface area (Å²) >= 11 is 0. The molecule has 20 heavy (non-hydrogen) atoms. The van der Waals surface area contributed by atoms with Crippen molar-refractivity contribution in [2.45, 2.75) is 46.0 Å². The molecule has 0 fully saturated rings. The predicted octanol–water partition coefficient (Wildman–Crippen LogP) is 3.18. The van der Waals surface area contributed by atoms with Crippen molar-refractivity contribution in [1.82, 2.24) is 0 Å². The van der Waals surface area contributed by atoms with E-state index >= 15 is 0 Å². The van der Waals surface area contributed by atoms with Gasteiger partial charge in [-0.05, 0) is 43.9 Å². The van der Waals surface area contributed by atoms with Gasteiger partial charge in [0.15, 0.2) is 0 Å². The van der Waals surface area contributed by atoms with E-state index in [0.29, 0.717) is 24.6 Å². The van der Waals surface area contributed by atoms with E-state index in [-0.39, 0.29) is 11.7 Å². The third kappa shape index (κ3) is 5.61. The van der Waals surface area contributed by atoms with E-state index in [2.05, 4.69) is 12.2 Å². The molecule has 0 aliphatic rings. The predicted molar refractivity (Wildman–Crippen MR) is 82.8 cm³/mol. The highest BCUT2D eigenvalue weighted by molar-refractivity contribution is 5.90. The molecule has 0 heterocycles. The highest BCUT2D eigenvalue weighted by Gasteiger charge is 2.10. The number of carbonyl (C=O) groups is 1. The van der Waals surface area contributed by atoms with Gasteiger partial charge in [0.25, 0.3) is 0 Å². The number of anilines is 1. The van der Waals surface area contributed by atoms with Crippen LogP contribution in [0.2, 0.25) is 0 Å². The maximum atomic E-state index is 11.9. The van der Waals surface area contributed by atoms with Gasteiger partial charge in [0, 0.05) is 18.2 Å². The molecule has 0 radical (unpaired) electrons. The van der Waals surface area contributed by atoms with Crippen molar-refractivity contribution in [1.29, 1.82) is 0 Å². The molecule has 1 amide bonds. The van der Waals surface area contributed by atoms with Gasteiger partial charge in [-0.15, -0.1) is 0 Å². The molecular weight excluding hydrogens is 252 g/mol. The molecule has 0 saturated heterocycles. The second kappa shape index (κ2) is 8.59. The van der Waals surface area contributed by atoms with Crippen LogP contribution in [-0.4, -0.2) is 17.6 Å². The summed E-state index contributed by atoms with van der Waals surface area (Å²) < 4.78 is 0. The Hall–Kier alpha value is -1.55. The Morgan fingerprint density at radius 2 is 2.10 bits per heavy atom. The van der Waals surface area contributed by atoms with E-state index < -0.39 is 0 Å². The zero-order valence-corrected chi connectivity index (χ0v) is 12.5. The fourth-order valence-corrected chi connectivity index (χ4v) is 2.32. The smallest absolute Gasteiger partial charge is 0.224 e. The van der Waals surface area contributed by atoms with Gasteiger partial charge in [-0.25, -0.2) is 0 Å². The van der Waals surface area contributed by atoms with Gasteiger partial charge in [-0.1, -0.05) is 25.8 Å². The average molecular weight is 278 g/mol. The Morgan fingerprint density at radius 3 is 2.70 bits per heavy atom. The van der Waals surface area contributed by atoms with Crippen LogP contribution in [0, 0.1) is 12.8 Å². The normalized spacial score (nSPS) is 12.2. The minimum atomic E-state index is -0.00798. The number of aryl methyl sites for hydroxylation is 1. The molecule has 0 bridgehead atoms. The molecule has 0 aromatic heterocycles. The zero-order valence-electron chi connectivity index (χ0n) is 12.5. The van der Waals surface area contributed by atoms with Crippen LogP contribution in [0.1, 0.15) is 44.6 Å². The first-order chi connectivity index (χ1) is 9.56. The molecule has 0 saturated carbocycles. The van der Waals surface area contributed by atoms with E-state index in [1.165, 1.54) is 0 Å². The number of rotatable bonds is 8. The minimum absolute atomic E-state index is 0.00798. The van der Waals surface area contributed by atoms with Crippen LogP contribution in [0.15, 0.2) is 18.2 Å². The van der Waals surface area contributed by atoms with E-state index in [9.17, 15) is 9.90 Å². The first-order valence-corrected chi connectivity index (χ1v) is 7.36. The van der Waals surface area contributed by atoms with Gasteiger partial charge in [0.05, 0.1) is 0 Å². The van der Waals surface area contributed by atoms with Crippen LogP contribution in [0.25, 0.3) is 0 Å². The lowest BCUT2D eigenvalue weighted by atomic mass is 9.94. The van der Waals surface area contributed by atoms with Crippen molar-refractivity contribution in [3.05, 3.63) is 23.8 Å². The quantitative estimate of drug-likeness (QED) is 0.683. The molecule has 1 aromatic carbocycles. The maximum Gasteiger partial charge on any atom is 0.224 e. The zero-order chi connectivity index (χ0) is 15.0. The van der Waals surface area contributed by atoms with Crippen LogP contribution >= 0.6 is 0 Å². The molecule has 4 nitrogen and oxygen atoms in total. The summed E-state index contributed by atoms with van der Waals surface area (Å²) in [4.78, 5) is 11.9. The third-order valence-electron chi connectivity index (χ3n) is 3.54. The molecule has 4 heteroatoms. The number of nitrogens with one attached hydrogen (secondary N) is 1. The molecule has 112 valence electrons. The molecule has 4 N–H and O–H groups in total. The van der Waals surface area contributed by atoms with Crippen LogP contribution in [-0.2, 0) is 4.79 Å². The average Bonchev–Trinajstić information content (AvgIpc) is 2.41. The summed E-state index contributed by atoms with van der Waals surface area (Å²) in [5.41, 5.74) is 7.03. The topological polar surface area (TPSA) is 75.4 Å². The van der Waals surface area contributed by atoms with Crippen LogP contribution in [0.4, 0.5) is 5.69 Å². The van der Waals surface area contributed by atoms with Crippen molar-refractivity contribution in [2.75, 3.05) is 11.9 Å². The Bertz CT molecular complexity index is 426. The fourth-order valence-electron chi connectivity index (χ4n) is 2.32. The SMILES string of the molecule is CCCC(CCN)CCC(=O)Nc1ccc(C)c(O)c1. The maximum absolute atomic E-state index is 11.9. The summed E-state index contributed by atoms with van der Waals surface area (Å²) in [7, 11) is 0. The molecule has 1 rings (SSSR count). The number of amides is 1. The number of hydrogen-bond donors (Lipinski definition) is 3. The Kier molecular flexibility index (Phi) is 7.09. The standard InChI is InChI=1S/C16H26N2O2/c1-3-4-13(9-10-17)6-8-16(20)18-14-7-5-12(2)15(19)11-14/h5,7,11,13,19H,3-4,6,8-10,17H2,1-2H3,(H,18,20). The van der Waals surface area contributed by atoms with Crippen molar-refractivity contribution < 1.29 is 9.90 Å². The summed E-state index contributed by atoms with van der Waals surface area (Å²) in [5, 5.41) is 12.4. The molecule has 1 atom stereocenters. The molecule has 1 aromatic rings. The van der Waals surface area contributed by atoms with Crippen molar-refractivity contribution in [3.8, 4) is 5.75 Å². The van der Waals surface area contributed by atoms with E-state index in [0.717, 1.165) is 31.2 Å². The van der Waals surface area contributed by atoms with E-state index in [1.54, 1.807) is 18.2 Å². The third-order valence-corrected chi connectivity index (χ3v) is 3.54. The number of hydrogen-bond acceptors (Lipinski definition) is 3. The molecule has 0 aliphatic heterocycles. The van der Waals surface area contributed by atoms with Crippen LogP contribution < -0.4 is 11.1 Å². The lowest BCUT2D eigenvalue weighted by Crippen LogP contribution is -2.15. The Balaban J connectivity index is 2.44. The van der Waals surface area contributed by atoms with E-state index in [4.69, 9.17) is 5.73 Å². The number of phenols is 1. The molecule has 0 aliphatic carbocycles. The monoisotopic (exact) mass is 278 g/mol. The van der Waals surface area contributed by atoms with Crippen LogP contribution in [0.5, 0.6) is 5.75 Å². The summed E-state index contributed by atoms with van der Waals surface area (Å²) in [5.74, 6) is 0.725. The van der Waals surface area contributed by atoms with Gasteiger partial charge in [-0.2, -0.15) is 0 Å². The number of phenolic OH excluding ortho intramolecular Hbond substituents is 1. The summed E-state index contributed by atoms with van der Waals surface area (Å²) in [6.07, 6.45) is 4.59. The highest BCUT2D eigenvalue weighted by atomic mass is 16.3. The highest BCUT2D eigenvalue weighted by Crippen LogP contribution is 2.22. The van der Waals surface area contributed by atoms with Crippen molar-refractivity contribution in [3.63, 3.8) is 0 Å². The van der Waals surface area contributed by atoms with Gasteiger partial charge in [0.2, 0.25) is 5.91 Å². The Morgan fingerprint density at radius 1 is 1.35 bits per heavy atom. The lowest BCUT2D eigenvalue weighted by molar-refractivity contribution is -0.116. The van der Waals surface area contributed by atoms with E-state index in [1.807, 2.05) is 6.92 Å². The van der Waals surface area contributed by atoms with Crippen LogP contribution in [0.3, 0.4) is 0 Å². The minimum Gasteiger partial charge on any atom is -0.508 e. The lowest BCUT2D eigenvalue weighted by Gasteiger charge is -2.14. The van der Waals surface area contributed by atoms with Gasteiger partial charge in [0.1, 0.15) is 5.75 Å². The molecular formula is C16H26N2O2. The fraction of sp³-hybridized carbons (Fsp3) is 0.562. The first-order valence-electron chi connectivity index (χ1n) is 7.36. The van der Waals surface area contributed by atoms with Gasteiger partial charge >= 0.3 is 0 Å². The second-order valence-corrected chi connectivity index (χ2v) is 5.32. The summed E-state index contributed by atoms with van der Waals surface area (Å²) in [6.45, 7) is 4.65. The number of nitrogens with two attached hydrogens (primary N) is 1. The second-order valence-electron chi connectivity index (χ2n) is 5.32. The van der Waals surface area contributed by atoms with Gasteiger partial charge in [-0.3, -0.25) is 4.79 Å². The molecule has 1 unspecified atom stereocenters. The van der Waals surface area contributed by atoms with Crippen molar-refractivity contribution >= 4 is 11.6 Å². The first kappa shape index (κ1) is 16.5. The number of carbonyl (C=O) groups excluding carboxylic acids is 1. The number of aromatic hydroxyl groups is 1. The molecule has 0 spiro atoms. The Labute approximate surface area is 121 Å². The number of benzene rings is 1. The largest absolute Gasteiger partial charge is 0.508 e. The van der Waals surface area contributed by atoms with Crippen molar-refractivity contribution in [2.24, 2.45) is 11.7 Å².